The summed E-state index contributed by atoms with van der Waals surface area (Å²) in [6.07, 6.45) is 5.45. The Balaban J connectivity index is 1.76. The lowest BCUT2D eigenvalue weighted by atomic mass is 9.80. The van der Waals surface area contributed by atoms with Crippen molar-refractivity contribution >= 4 is 5.96 Å². The second kappa shape index (κ2) is 6.38. The van der Waals surface area contributed by atoms with Gasteiger partial charge in [-0.3, -0.25) is 4.99 Å². The Bertz CT molecular complexity index is 284. The molecule has 0 aromatic heterocycles. The van der Waals surface area contributed by atoms with E-state index in [1.54, 1.807) is 0 Å². The van der Waals surface area contributed by atoms with Gasteiger partial charge in [-0.25, -0.2) is 0 Å². The molecular formula is C13H25N3O2. The molecular weight excluding hydrogens is 230 g/mol. The molecule has 104 valence electrons. The summed E-state index contributed by atoms with van der Waals surface area (Å²) in [4.78, 5) is 4.46. The van der Waals surface area contributed by atoms with Crippen molar-refractivity contribution in [2.24, 2.45) is 4.99 Å². The molecule has 5 heteroatoms. The van der Waals surface area contributed by atoms with E-state index in [0.717, 1.165) is 57.8 Å². The Kier molecular flexibility index (Phi) is 4.83. The molecule has 5 nitrogen and oxygen atoms in total. The van der Waals surface area contributed by atoms with Crippen molar-refractivity contribution in [3.63, 3.8) is 0 Å². The van der Waals surface area contributed by atoms with Crippen molar-refractivity contribution in [2.45, 2.75) is 50.7 Å². The first-order chi connectivity index (χ1) is 8.72. The highest BCUT2D eigenvalue weighted by molar-refractivity contribution is 5.79. The second-order valence-electron chi connectivity index (χ2n) is 5.29. The van der Waals surface area contributed by atoms with E-state index in [1.807, 2.05) is 6.92 Å². The predicted molar refractivity (Wildman–Crippen MR) is 71.8 cm³/mol. The third-order valence-corrected chi connectivity index (χ3v) is 3.68. The van der Waals surface area contributed by atoms with E-state index in [2.05, 4.69) is 15.6 Å². The summed E-state index contributed by atoms with van der Waals surface area (Å²) in [5.41, 5.74) is -0.549. The average molecular weight is 255 g/mol. The van der Waals surface area contributed by atoms with E-state index in [4.69, 9.17) is 4.74 Å². The maximum atomic E-state index is 10.0. The molecule has 1 saturated heterocycles. The molecule has 2 fully saturated rings. The molecule has 0 amide bonds. The molecule has 18 heavy (non-hydrogen) atoms. The topological polar surface area (TPSA) is 65.9 Å². The molecule has 1 unspecified atom stereocenters. The van der Waals surface area contributed by atoms with Crippen molar-refractivity contribution in [3.8, 4) is 0 Å². The van der Waals surface area contributed by atoms with Gasteiger partial charge in [-0.1, -0.05) is 0 Å². The fourth-order valence-electron chi connectivity index (χ4n) is 2.33. The van der Waals surface area contributed by atoms with Gasteiger partial charge in [0.25, 0.3) is 0 Å². The maximum absolute atomic E-state index is 10.0. The van der Waals surface area contributed by atoms with E-state index in [9.17, 15) is 5.11 Å². The fraction of sp³-hybridized carbons (Fsp3) is 0.923. The van der Waals surface area contributed by atoms with Gasteiger partial charge in [-0.2, -0.15) is 0 Å². The monoisotopic (exact) mass is 255 g/mol. The Labute approximate surface area is 109 Å². The van der Waals surface area contributed by atoms with Crippen LogP contribution in [0.2, 0.25) is 0 Å². The molecule has 1 saturated carbocycles. The number of aliphatic imine (C=N–C) groups is 1. The Morgan fingerprint density at radius 3 is 2.78 bits per heavy atom. The fourth-order valence-corrected chi connectivity index (χ4v) is 2.33. The van der Waals surface area contributed by atoms with Crippen LogP contribution in [0.25, 0.3) is 0 Å². The molecule has 1 heterocycles. The summed E-state index contributed by atoms with van der Waals surface area (Å²) >= 11 is 0. The molecule has 0 aromatic carbocycles. The highest BCUT2D eigenvalue weighted by Crippen LogP contribution is 2.31. The molecule has 2 aliphatic rings. The zero-order valence-corrected chi connectivity index (χ0v) is 11.2. The molecule has 0 bridgehead atoms. The minimum atomic E-state index is -0.549. The van der Waals surface area contributed by atoms with Gasteiger partial charge in [0.15, 0.2) is 5.96 Å². The molecule has 2 rings (SSSR count). The number of nitrogens with zero attached hydrogens (tertiary/aromatic N) is 1. The third-order valence-electron chi connectivity index (χ3n) is 3.68. The molecule has 0 spiro atoms. The number of rotatable bonds is 5. The second-order valence-corrected chi connectivity index (χ2v) is 5.29. The van der Waals surface area contributed by atoms with Crippen LogP contribution in [0.4, 0.5) is 0 Å². The van der Waals surface area contributed by atoms with Crippen molar-refractivity contribution in [3.05, 3.63) is 0 Å². The lowest BCUT2D eigenvalue weighted by Gasteiger charge is -2.35. The normalized spacial score (nSPS) is 26.8. The summed E-state index contributed by atoms with van der Waals surface area (Å²) in [5, 5.41) is 16.5. The van der Waals surface area contributed by atoms with E-state index in [-0.39, 0.29) is 0 Å². The first kappa shape index (κ1) is 13.6. The van der Waals surface area contributed by atoms with Crippen molar-refractivity contribution in [1.29, 1.82) is 0 Å². The molecule has 0 radical (unpaired) electrons. The van der Waals surface area contributed by atoms with Crippen molar-refractivity contribution < 1.29 is 9.84 Å². The number of aliphatic hydroxyl groups is 1. The van der Waals surface area contributed by atoms with Gasteiger partial charge in [0.05, 0.1) is 18.2 Å². The molecule has 1 atom stereocenters. The third kappa shape index (κ3) is 3.85. The summed E-state index contributed by atoms with van der Waals surface area (Å²) in [7, 11) is 0. The number of nitrogens with one attached hydrogen (secondary N) is 2. The van der Waals surface area contributed by atoms with E-state index >= 15 is 0 Å². The number of hydrogen-bond acceptors (Lipinski definition) is 3. The zero-order valence-electron chi connectivity index (χ0n) is 11.2. The highest BCUT2D eigenvalue weighted by atomic mass is 16.5. The van der Waals surface area contributed by atoms with Crippen LogP contribution in [-0.2, 0) is 4.74 Å². The minimum Gasteiger partial charge on any atom is -0.388 e. The van der Waals surface area contributed by atoms with Gasteiger partial charge in [-0.05, 0) is 39.0 Å². The van der Waals surface area contributed by atoms with Crippen LogP contribution in [0.15, 0.2) is 4.99 Å². The maximum Gasteiger partial charge on any atom is 0.191 e. The number of guanidine groups is 1. The van der Waals surface area contributed by atoms with Crippen LogP contribution in [0, 0.1) is 0 Å². The van der Waals surface area contributed by atoms with Crippen molar-refractivity contribution in [2.75, 3.05) is 26.2 Å². The van der Waals surface area contributed by atoms with Crippen LogP contribution in [0.5, 0.6) is 0 Å². The van der Waals surface area contributed by atoms with E-state index < -0.39 is 5.60 Å². The highest BCUT2D eigenvalue weighted by Gasteiger charge is 2.34. The van der Waals surface area contributed by atoms with Gasteiger partial charge in [0.2, 0.25) is 0 Å². The molecule has 1 aliphatic heterocycles. The lowest BCUT2D eigenvalue weighted by Crippen LogP contribution is -2.44. The van der Waals surface area contributed by atoms with E-state index in [1.165, 1.54) is 0 Å². The first-order valence-electron chi connectivity index (χ1n) is 7.08. The molecule has 0 aromatic rings. The zero-order chi connectivity index (χ0) is 12.8. The van der Waals surface area contributed by atoms with Crippen LogP contribution in [-0.4, -0.2) is 49.0 Å². The first-order valence-corrected chi connectivity index (χ1v) is 7.08. The summed E-state index contributed by atoms with van der Waals surface area (Å²) < 4.78 is 5.56. The number of ether oxygens (including phenoxy) is 1. The average Bonchev–Trinajstić information content (AvgIpc) is 2.83. The Morgan fingerprint density at radius 1 is 1.39 bits per heavy atom. The summed E-state index contributed by atoms with van der Waals surface area (Å²) in [5.74, 6) is 0.785. The quantitative estimate of drug-likeness (QED) is 0.498. The molecule has 3 N–H and O–H groups in total. The van der Waals surface area contributed by atoms with Crippen LogP contribution >= 0.6 is 0 Å². The van der Waals surface area contributed by atoms with Gasteiger partial charge in [0, 0.05) is 19.7 Å². The smallest absolute Gasteiger partial charge is 0.191 e. The van der Waals surface area contributed by atoms with E-state index in [0.29, 0.717) is 12.6 Å². The van der Waals surface area contributed by atoms with Crippen molar-refractivity contribution in [1.82, 2.24) is 10.6 Å². The summed E-state index contributed by atoms with van der Waals surface area (Å²) in [6, 6.07) is 0. The van der Waals surface area contributed by atoms with Crippen LogP contribution in [0.3, 0.4) is 0 Å². The largest absolute Gasteiger partial charge is 0.388 e. The lowest BCUT2D eigenvalue weighted by molar-refractivity contribution is -0.0236. The minimum absolute atomic E-state index is 0.306. The SMILES string of the molecule is CCNC(=NCC1(O)CCC1)NCC1CCCO1. The molecule has 1 aliphatic carbocycles. The summed E-state index contributed by atoms with van der Waals surface area (Å²) in [6.45, 7) is 5.04. The van der Waals surface area contributed by atoms with Gasteiger partial charge in [-0.15, -0.1) is 0 Å². The van der Waals surface area contributed by atoms with Gasteiger partial charge in [0.1, 0.15) is 0 Å². The standard InChI is InChI=1S/C13H25N3O2/c1-2-14-12(15-9-11-5-3-8-18-11)16-10-13(17)6-4-7-13/h11,17H,2-10H2,1H3,(H2,14,15,16). The van der Waals surface area contributed by atoms with Crippen LogP contribution in [0.1, 0.15) is 39.0 Å². The van der Waals surface area contributed by atoms with Crippen LogP contribution < -0.4 is 10.6 Å². The van der Waals surface area contributed by atoms with Gasteiger partial charge < -0.3 is 20.5 Å². The van der Waals surface area contributed by atoms with Gasteiger partial charge >= 0.3 is 0 Å². The predicted octanol–water partition coefficient (Wildman–Crippen LogP) is 0.635. The number of hydrogen-bond donors (Lipinski definition) is 3. The Hall–Kier alpha value is -0.810. The Morgan fingerprint density at radius 2 is 2.22 bits per heavy atom.